The SMILES string of the molecule is CCc1nc(C)cn2nc(C3=C\C(=O)N4C=C(C5CCN(C6COC6)CC5)C=C\C4=C/C=C/3)cc12. The molecule has 0 radical (unpaired) electrons. The van der Waals surface area contributed by atoms with E-state index in [0.717, 1.165) is 79.4 Å². The van der Waals surface area contributed by atoms with E-state index in [2.05, 4.69) is 29.0 Å². The van der Waals surface area contributed by atoms with E-state index in [-0.39, 0.29) is 5.91 Å². The lowest BCUT2D eigenvalue weighted by Gasteiger charge is -2.42. The Kier molecular flexibility index (Phi) is 5.74. The molecule has 0 saturated carbocycles. The Labute approximate surface area is 205 Å². The number of likely N-dealkylation sites (tertiary alicyclic amines) is 1. The number of aryl methyl sites for hydroxylation is 2. The summed E-state index contributed by atoms with van der Waals surface area (Å²) in [6.07, 6.45) is 18.9. The van der Waals surface area contributed by atoms with Crippen LogP contribution in [0.3, 0.4) is 0 Å². The summed E-state index contributed by atoms with van der Waals surface area (Å²) >= 11 is 0. The molecule has 0 unspecified atom stereocenters. The fourth-order valence-corrected chi connectivity index (χ4v) is 5.37. The van der Waals surface area contributed by atoms with E-state index in [0.29, 0.717) is 12.0 Å². The fourth-order valence-electron chi connectivity index (χ4n) is 5.37. The van der Waals surface area contributed by atoms with E-state index in [1.807, 2.05) is 48.1 Å². The summed E-state index contributed by atoms with van der Waals surface area (Å²) in [6.45, 7) is 8.00. The van der Waals surface area contributed by atoms with E-state index in [4.69, 9.17) is 9.84 Å². The van der Waals surface area contributed by atoms with Crippen LogP contribution in [0, 0.1) is 12.8 Å². The number of hydrogen-bond donors (Lipinski definition) is 0. The molecule has 2 saturated heterocycles. The minimum atomic E-state index is -0.0522. The minimum absolute atomic E-state index is 0.0522. The Morgan fingerprint density at radius 1 is 1.14 bits per heavy atom. The van der Waals surface area contributed by atoms with Gasteiger partial charge in [-0.25, -0.2) is 4.52 Å². The third-order valence-corrected chi connectivity index (χ3v) is 7.48. The summed E-state index contributed by atoms with van der Waals surface area (Å²) < 4.78 is 7.24. The van der Waals surface area contributed by atoms with Gasteiger partial charge < -0.3 is 4.74 Å². The Hall–Kier alpha value is -3.29. The zero-order valence-corrected chi connectivity index (χ0v) is 20.4. The molecule has 4 aliphatic rings. The number of ether oxygens (including phenoxy) is 1. The largest absolute Gasteiger partial charge is 0.378 e. The van der Waals surface area contributed by atoms with Crippen molar-refractivity contribution >= 4 is 17.0 Å². The molecule has 6 heterocycles. The average Bonchev–Trinajstić information content (AvgIpc) is 3.25. The number of piperidine rings is 1. The molecule has 0 bridgehead atoms. The van der Waals surface area contributed by atoms with Gasteiger partial charge in [-0.05, 0) is 69.0 Å². The number of carbonyl (C=O) groups is 1. The van der Waals surface area contributed by atoms with Crippen molar-refractivity contribution in [3.63, 3.8) is 0 Å². The van der Waals surface area contributed by atoms with Crippen molar-refractivity contribution < 1.29 is 9.53 Å². The maximum Gasteiger partial charge on any atom is 0.255 e. The van der Waals surface area contributed by atoms with Crippen molar-refractivity contribution in [1.82, 2.24) is 24.4 Å². The Bertz CT molecular complexity index is 1320. The van der Waals surface area contributed by atoms with Crippen LogP contribution in [0.2, 0.25) is 0 Å². The van der Waals surface area contributed by atoms with Gasteiger partial charge in [0.2, 0.25) is 0 Å². The maximum atomic E-state index is 13.4. The first-order valence-corrected chi connectivity index (χ1v) is 12.6. The Morgan fingerprint density at radius 3 is 2.71 bits per heavy atom. The van der Waals surface area contributed by atoms with E-state index < -0.39 is 0 Å². The first-order valence-electron chi connectivity index (χ1n) is 12.6. The number of allylic oxidation sites excluding steroid dienone is 7. The number of fused-ring (bicyclic) bond motifs is 2. The average molecular weight is 470 g/mol. The maximum absolute atomic E-state index is 13.4. The lowest BCUT2D eigenvalue weighted by Crippen LogP contribution is -2.51. The predicted molar refractivity (Wildman–Crippen MR) is 135 cm³/mol. The normalized spacial score (nSPS) is 25.7. The lowest BCUT2D eigenvalue weighted by atomic mass is 9.87. The highest BCUT2D eigenvalue weighted by molar-refractivity contribution is 5.99. The number of nitrogens with zero attached hydrogens (tertiary/aromatic N) is 5. The van der Waals surface area contributed by atoms with Gasteiger partial charge in [0.1, 0.15) is 0 Å². The highest BCUT2D eigenvalue weighted by Crippen LogP contribution is 2.32. The van der Waals surface area contributed by atoms with Crippen LogP contribution in [0.1, 0.15) is 36.8 Å². The predicted octanol–water partition coefficient (Wildman–Crippen LogP) is 3.83. The third kappa shape index (κ3) is 4.19. The molecule has 2 aromatic rings. The van der Waals surface area contributed by atoms with Crippen molar-refractivity contribution in [2.75, 3.05) is 26.3 Å². The van der Waals surface area contributed by atoms with Crippen molar-refractivity contribution in [3.8, 4) is 0 Å². The number of carbonyl (C=O) groups excluding carboxylic acids is 1. The molecule has 0 aliphatic carbocycles. The molecule has 0 aromatic carbocycles. The van der Waals surface area contributed by atoms with Gasteiger partial charge in [0.05, 0.1) is 48.1 Å². The molecular formula is C28H31N5O2. The van der Waals surface area contributed by atoms with Gasteiger partial charge in [0, 0.05) is 23.5 Å². The topological polar surface area (TPSA) is 63.0 Å². The molecule has 7 nitrogen and oxygen atoms in total. The summed E-state index contributed by atoms with van der Waals surface area (Å²) in [5.74, 6) is 0.424. The van der Waals surface area contributed by atoms with Crippen LogP contribution in [0.5, 0.6) is 0 Å². The lowest BCUT2D eigenvalue weighted by molar-refractivity contribution is -0.122. The highest BCUT2D eigenvalue weighted by atomic mass is 16.5. The van der Waals surface area contributed by atoms with Gasteiger partial charge in [-0.1, -0.05) is 25.2 Å². The first-order chi connectivity index (χ1) is 17.1. The number of aromatic nitrogens is 3. The van der Waals surface area contributed by atoms with E-state index in [1.165, 1.54) is 5.57 Å². The van der Waals surface area contributed by atoms with E-state index in [9.17, 15) is 4.79 Å². The van der Waals surface area contributed by atoms with Gasteiger partial charge in [0.15, 0.2) is 0 Å². The van der Waals surface area contributed by atoms with Gasteiger partial charge in [-0.3, -0.25) is 19.6 Å². The third-order valence-electron chi connectivity index (χ3n) is 7.48. The zero-order chi connectivity index (χ0) is 23.9. The quantitative estimate of drug-likeness (QED) is 0.681. The summed E-state index contributed by atoms with van der Waals surface area (Å²) in [4.78, 5) is 22.4. The van der Waals surface area contributed by atoms with Crippen LogP contribution >= 0.6 is 0 Å². The minimum Gasteiger partial charge on any atom is -0.378 e. The molecule has 0 N–H and O–H groups in total. The van der Waals surface area contributed by atoms with Crippen LogP contribution in [-0.2, 0) is 16.0 Å². The Balaban J connectivity index is 1.25. The molecule has 6 rings (SSSR count). The van der Waals surface area contributed by atoms with Crippen molar-refractivity contribution in [2.45, 2.75) is 39.2 Å². The van der Waals surface area contributed by atoms with E-state index in [1.54, 1.807) is 11.0 Å². The van der Waals surface area contributed by atoms with Crippen LogP contribution in [0.15, 0.2) is 66.2 Å². The van der Waals surface area contributed by atoms with Crippen molar-refractivity contribution in [3.05, 3.63) is 83.3 Å². The fraction of sp³-hybridized carbons (Fsp3) is 0.393. The summed E-state index contributed by atoms with van der Waals surface area (Å²) in [6, 6.07) is 2.62. The summed E-state index contributed by atoms with van der Waals surface area (Å²) in [5, 5.41) is 4.76. The van der Waals surface area contributed by atoms with Crippen LogP contribution in [0.4, 0.5) is 0 Å². The number of amides is 1. The molecular weight excluding hydrogens is 438 g/mol. The molecule has 0 spiro atoms. The second-order valence-corrected chi connectivity index (χ2v) is 9.76. The van der Waals surface area contributed by atoms with Gasteiger partial charge in [-0.2, -0.15) is 5.10 Å². The van der Waals surface area contributed by atoms with Crippen LogP contribution in [0.25, 0.3) is 11.1 Å². The summed E-state index contributed by atoms with van der Waals surface area (Å²) in [7, 11) is 0. The molecule has 1 amide bonds. The smallest absolute Gasteiger partial charge is 0.255 e. The second-order valence-electron chi connectivity index (χ2n) is 9.76. The number of hydrogen-bond acceptors (Lipinski definition) is 5. The number of rotatable bonds is 4. The monoisotopic (exact) mass is 469 g/mol. The Morgan fingerprint density at radius 2 is 1.97 bits per heavy atom. The zero-order valence-electron chi connectivity index (χ0n) is 20.4. The first kappa shape index (κ1) is 22.2. The summed E-state index contributed by atoms with van der Waals surface area (Å²) in [5.41, 5.74) is 6.62. The van der Waals surface area contributed by atoms with Crippen molar-refractivity contribution in [1.29, 1.82) is 0 Å². The van der Waals surface area contributed by atoms with Crippen LogP contribution in [-0.4, -0.2) is 62.7 Å². The molecule has 35 heavy (non-hydrogen) atoms. The highest BCUT2D eigenvalue weighted by Gasteiger charge is 2.31. The molecule has 4 aliphatic heterocycles. The van der Waals surface area contributed by atoms with Crippen LogP contribution < -0.4 is 0 Å². The molecule has 2 aromatic heterocycles. The van der Waals surface area contributed by atoms with Crippen molar-refractivity contribution in [2.24, 2.45) is 5.92 Å². The van der Waals surface area contributed by atoms with Gasteiger partial charge >= 0.3 is 0 Å². The molecule has 7 heteroatoms. The molecule has 180 valence electrons. The second kappa shape index (κ2) is 9.06. The molecule has 2 fully saturated rings. The van der Waals surface area contributed by atoms with E-state index >= 15 is 0 Å². The van der Waals surface area contributed by atoms with Gasteiger partial charge in [0.25, 0.3) is 5.91 Å². The molecule has 0 atom stereocenters. The standard InChI is InChI=1S/C28H31N5O2/c1-3-25-27-14-26(30-33(27)15-19(2)29-25)21-5-4-6-23-8-7-22(16-32(23)28(34)13-21)20-9-11-31(12-10-20)24-17-35-18-24/h4-8,13-16,20,24H,3,9-12,17-18H2,1-2H3/b5-4+,21-13+,23-6+. The van der Waals surface area contributed by atoms with Gasteiger partial charge in [-0.15, -0.1) is 0 Å².